The first-order valence-electron chi connectivity index (χ1n) is 9.48. The largest absolute Gasteiger partial charge is 0.355 e. The Morgan fingerprint density at radius 2 is 1.67 bits per heavy atom. The molecular formula is C21H26BrN3O4S. The number of carbonyl (C=O) groups is 2. The summed E-state index contributed by atoms with van der Waals surface area (Å²) in [5.41, 5.74) is 1.20. The highest BCUT2D eigenvalue weighted by Gasteiger charge is 2.30. The lowest BCUT2D eigenvalue weighted by atomic mass is 10.1. The standard InChI is InChI=1S/C21H26BrN3O4S/c1-4-23-21(27)16(2)24(14-17-10-6-5-7-11-17)20(26)15-25(30(3,28)29)19-13-9-8-12-18(19)22/h5-13,16H,4,14-15H2,1-3H3,(H,23,27)/t16-/m1/s1. The molecule has 2 aromatic rings. The van der Waals surface area contributed by atoms with Gasteiger partial charge in [0.15, 0.2) is 0 Å². The monoisotopic (exact) mass is 495 g/mol. The summed E-state index contributed by atoms with van der Waals surface area (Å²) in [6, 6.07) is 15.3. The first-order chi connectivity index (χ1) is 14.1. The van der Waals surface area contributed by atoms with Crippen LogP contribution in [0.1, 0.15) is 19.4 Å². The number of hydrogen-bond donors (Lipinski definition) is 1. The summed E-state index contributed by atoms with van der Waals surface area (Å²) < 4.78 is 26.5. The minimum atomic E-state index is -3.74. The van der Waals surface area contributed by atoms with Crippen molar-refractivity contribution in [1.82, 2.24) is 10.2 Å². The number of para-hydroxylation sites is 1. The lowest BCUT2D eigenvalue weighted by molar-refractivity contribution is -0.139. The molecule has 2 amide bonds. The van der Waals surface area contributed by atoms with E-state index < -0.39 is 28.5 Å². The molecule has 0 unspecified atom stereocenters. The zero-order valence-corrected chi connectivity index (χ0v) is 19.6. The Hall–Kier alpha value is -2.39. The van der Waals surface area contributed by atoms with Gasteiger partial charge in [-0.25, -0.2) is 8.42 Å². The Kier molecular flexibility index (Phi) is 8.43. The summed E-state index contributed by atoms with van der Waals surface area (Å²) in [6.07, 6.45) is 1.05. The van der Waals surface area contributed by atoms with E-state index in [0.29, 0.717) is 16.7 Å². The Bertz CT molecular complexity index is 983. The molecule has 0 bridgehead atoms. The molecule has 0 fully saturated rings. The number of benzene rings is 2. The highest BCUT2D eigenvalue weighted by atomic mass is 79.9. The molecule has 0 aliphatic carbocycles. The van der Waals surface area contributed by atoms with Crippen LogP contribution in [0.4, 0.5) is 5.69 Å². The first kappa shape index (κ1) is 23.9. The first-order valence-corrected chi connectivity index (χ1v) is 12.1. The Labute approximate surface area is 186 Å². The van der Waals surface area contributed by atoms with Gasteiger partial charge in [-0.05, 0) is 47.5 Å². The van der Waals surface area contributed by atoms with Crippen molar-refractivity contribution in [3.63, 3.8) is 0 Å². The quantitative estimate of drug-likeness (QED) is 0.579. The average molecular weight is 496 g/mol. The number of likely N-dealkylation sites (N-methyl/N-ethyl adjacent to an activating group) is 1. The molecule has 30 heavy (non-hydrogen) atoms. The second-order valence-corrected chi connectivity index (χ2v) is 9.56. The Morgan fingerprint density at radius 1 is 1.07 bits per heavy atom. The van der Waals surface area contributed by atoms with Gasteiger partial charge < -0.3 is 10.2 Å². The van der Waals surface area contributed by atoms with E-state index in [1.165, 1.54) is 4.90 Å². The molecule has 0 radical (unpaired) electrons. The summed E-state index contributed by atoms with van der Waals surface area (Å²) in [4.78, 5) is 27.1. The molecule has 0 aromatic heterocycles. The van der Waals surface area contributed by atoms with Gasteiger partial charge in [-0.1, -0.05) is 42.5 Å². The van der Waals surface area contributed by atoms with E-state index in [1.807, 2.05) is 30.3 Å². The van der Waals surface area contributed by atoms with E-state index in [2.05, 4.69) is 21.2 Å². The maximum absolute atomic E-state index is 13.3. The number of hydrogen-bond acceptors (Lipinski definition) is 4. The Morgan fingerprint density at radius 3 is 2.23 bits per heavy atom. The third-order valence-electron chi connectivity index (χ3n) is 4.51. The van der Waals surface area contributed by atoms with Crippen LogP contribution in [0, 0.1) is 0 Å². The van der Waals surface area contributed by atoms with Gasteiger partial charge in [0.25, 0.3) is 0 Å². The SMILES string of the molecule is CCNC(=O)[C@@H](C)N(Cc1ccccc1)C(=O)CN(c1ccccc1Br)S(C)(=O)=O. The highest BCUT2D eigenvalue weighted by Crippen LogP contribution is 2.27. The van der Waals surface area contributed by atoms with Gasteiger partial charge >= 0.3 is 0 Å². The van der Waals surface area contributed by atoms with Crippen molar-refractivity contribution in [2.75, 3.05) is 23.7 Å². The maximum atomic E-state index is 13.3. The summed E-state index contributed by atoms with van der Waals surface area (Å²) in [5, 5.41) is 2.72. The van der Waals surface area contributed by atoms with E-state index in [9.17, 15) is 18.0 Å². The minimum absolute atomic E-state index is 0.186. The van der Waals surface area contributed by atoms with Gasteiger partial charge in [0.2, 0.25) is 21.8 Å². The van der Waals surface area contributed by atoms with Crippen molar-refractivity contribution in [1.29, 1.82) is 0 Å². The second-order valence-electron chi connectivity index (χ2n) is 6.80. The van der Waals surface area contributed by atoms with Crippen LogP contribution in [0.25, 0.3) is 0 Å². The molecule has 9 heteroatoms. The normalized spacial score (nSPS) is 12.1. The average Bonchev–Trinajstić information content (AvgIpc) is 2.70. The summed E-state index contributed by atoms with van der Waals surface area (Å²) in [7, 11) is -3.74. The molecule has 1 atom stereocenters. The van der Waals surface area contributed by atoms with Crippen molar-refractivity contribution >= 4 is 43.5 Å². The molecule has 162 valence electrons. The summed E-state index contributed by atoms with van der Waals surface area (Å²) >= 11 is 3.35. The number of sulfonamides is 1. The van der Waals surface area contributed by atoms with E-state index in [0.717, 1.165) is 16.1 Å². The van der Waals surface area contributed by atoms with Gasteiger partial charge in [-0.15, -0.1) is 0 Å². The number of nitrogens with zero attached hydrogens (tertiary/aromatic N) is 2. The van der Waals surface area contributed by atoms with E-state index >= 15 is 0 Å². The second kappa shape index (κ2) is 10.6. The predicted molar refractivity (Wildman–Crippen MR) is 121 cm³/mol. The van der Waals surface area contributed by atoms with Crippen LogP contribution in [-0.4, -0.2) is 50.5 Å². The number of carbonyl (C=O) groups excluding carboxylic acids is 2. The predicted octanol–water partition coefficient (Wildman–Crippen LogP) is 2.77. The lowest BCUT2D eigenvalue weighted by Crippen LogP contribution is -2.51. The smallest absolute Gasteiger partial charge is 0.244 e. The lowest BCUT2D eigenvalue weighted by Gasteiger charge is -2.31. The number of anilines is 1. The number of halogens is 1. The molecule has 0 spiro atoms. The van der Waals surface area contributed by atoms with E-state index in [1.54, 1.807) is 38.1 Å². The fourth-order valence-corrected chi connectivity index (χ4v) is 4.41. The molecular weight excluding hydrogens is 470 g/mol. The molecule has 0 aliphatic heterocycles. The number of rotatable bonds is 9. The van der Waals surface area contributed by atoms with Crippen molar-refractivity contribution in [2.24, 2.45) is 0 Å². The fraction of sp³-hybridized carbons (Fsp3) is 0.333. The van der Waals surface area contributed by atoms with Gasteiger partial charge in [-0.2, -0.15) is 0 Å². The van der Waals surface area contributed by atoms with Crippen molar-refractivity contribution < 1.29 is 18.0 Å². The number of amides is 2. The summed E-state index contributed by atoms with van der Waals surface area (Å²) in [6.45, 7) is 3.63. The zero-order valence-electron chi connectivity index (χ0n) is 17.2. The maximum Gasteiger partial charge on any atom is 0.244 e. The topological polar surface area (TPSA) is 86.8 Å². The van der Waals surface area contributed by atoms with E-state index in [-0.39, 0.29) is 12.5 Å². The van der Waals surface area contributed by atoms with Gasteiger partial charge in [-0.3, -0.25) is 13.9 Å². The molecule has 2 aromatic carbocycles. The molecule has 0 saturated heterocycles. The summed E-state index contributed by atoms with van der Waals surface area (Å²) in [5.74, 6) is -0.771. The van der Waals surface area contributed by atoms with Gasteiger partial charge in [0.05, 0.1) is 11.9 Å². The van der Waals surface area contributed by atoms with Crippen LogP contribution in [0.2, 0.25) is 0 Å². The minimum Gasteiger partial charge on any atom is -0.355 e. The molecule has 0 heterocycles. The van der Waals surface area contributed by atoms with E-state index in [4.69, 9.17) is 0 Å². The van der Waals surface area contributed by atoms with Crippen LogP contribution in [0.15, 0.2) is 59.1 Å². The third-order valence-corrected chi connectivity index (χ3v) is 6.31. The number of nitrogens with one attached hydrogen (secondary N) is 1. The van der Waals surface area contributed by atoms with Crippen LogP contribution >= 0.6 is 15.9 Å². The molecule has 0 saturated carbocycles. The molecule has 7 nitrogen and oxygen atoms in total. The third kappa shape index (κ3) is 6.30. The van der Waals surface area contributed by atoms with Gasteiger partial charge in [0, 0.05) is 17.6 Å². The van der Waals surface area contributed by atoms with Crippen molar-refractivity contribution in [3.8, 4) is 0 Å². The molecule has 0 aliphatic rings. The van der Waals surface area contributed by atoms with Crippen molar-refractivity contribution in [3.05, 3.63) is 64.6 Å². The van der Waals surface area contributed by atoms with Gasteiger partial charge in [0.1, 0.15) is 12.6 Å². The van der Waals surface area contributed by atoms with Crippen LogP contribution in [0.5, 0.6) is 0 Å². The van der Waals surface area contributed by atoms with Crippen LogP contribution in [0.3, 0.4) is 0 Å². The molecule has 2 rings (SSSR count). The van der Waals surface area contributed by atoms with Crippen LogP contribution < -0.4 is 9.62 Å². The zero-order chi connectivity index (χ0) is 22.3. The molecule has 1 N–H and O–H groups in total. The van der Waals surface area contributed by atoms with Crippen LogP contribution in [-0.2, 0) is 26.2 Å². The fourth-order valence-electron chi connectivity index (χ4n) is 2.93. The van der Waals surface area contributed by atoms with Crippen molar-refractivity contribution in [2.45, 2.75) is 26.4 Å². The Balaban J connectivity index is 2.37. The highest BCUT2D eigenvalue weighted by molar-refractivity contribution is 9.10.